The number of hydrogen-bond donors (Lipinski definition) is 0. The van der Waals surface area contributed by atoms with E-state index >= 15 is 0 Å². The lowest BCUT2D eigenvalue weighted by atomic mass is 10.1. The Morgan fingerprint density at radius 2 is 1.76 bits per heavy atom. The number of amides is 1. The molecule has 168 valence electrons. The molecular formula is C27H26ClN3O2. The summed E-state index contributed by atoms with van der Waals surface area (Å²) in [7, 11) is 0. The third-order valence-corrected chi connectivity index (χ3v) is 6.42. The number of para-hydroxylation sites is 3. The summed E-state index contributed by atoms with van der Waals surface area (Å²) in [5, 5.41) is 0.585. The Morgan fingerprint density at radius 1 is 1.03 bits per heavy atom. The van der Waals surface area contributed by atoms with E-state index in [0.29, 0.717) is 31.1 Å². The van der Waals surface area contributed by atoms with E-state index in [4.69, 9.17) is 21.3 Å². The summed E-state index contributed by atoms with van der Waals surface area (Å²) < 4.78 is 8.29. The molecule has 1 aromatic heterocycles. The van der Waals surface area contributed by atoms with E-state index in [1.807, 2.05) is 42.5 Å². The van der Waals surface area contributed by atoms with Gasteiger partial charge in [-0.3, -0.25) is 4.79 Å². The number of fused-ring (bicyclic) bond motifs is 1. The average Bonchev–Trinajstić information content (AvgIpc) is 3.34. The lowest BCUT2D eigenvalue weighted by Gasteiger charge is -2.18. The van der Waals surface area contributed by atoms with Crippen molar-refractivity contribution in [2.24, 2.45) is 0 Å². The van der Waals surface area contributed by atoms with Crippen LogP contribution in [0.15, 0.2) is 66.7 Å². The molecule has 0 spiro atoms. The molecular weight excluding hydrogens is 434 g/mol. The molecule has 3 aromatic carbocycles. The zero-order valence-corrected chi connectivity index (χ0v) is 19.5. The number of benzene rings is 3. The fourth-order valence-corrected chi connectivity index (χ4v) is 4.93. The molecule has 0 unspecified atom stereocenters. The number of aryl methyl sites for hydroxylation is 2. The van der Waals surface area contributed by atoms with Gasteiger partial charge >= 0.3 is 0 Å². The average molecular weight is 460 g/mol. The second-order valence-corrected chi connectivity index (χ2v) is 9.05. The van der Waals surface area contributed by atoms with Crippen molar-refractivity contribution in [2.45, 2.75) is 32.7 Å². The van der Waals surface area contributed by atoms with Gasteiger partial charge in [0.2, 0.25) is 5.91 Å². The monoisotopic (exact) mass is 459 g/mol. The Labute approximate surface area is 198 Å². The molecule has 5 nitrogen and oxygen atoms in total. The molecule has 0 aliphatic carbocycles. The van der Waals surface area contributed by atoms with Gasteiger partial charge in [0.15, 0.2) is 0 Å². The maximum absolute atomic E-state index is 12.9. The van der Waals surface area contributed by atoms with Crippen LogP contribution >= 0.6 is 11.6 Å². The van der Waals surface area contributed by atoms with E-state index in [2.05, 4.69) is 42.7 Å². The molecule has 0 radical (unpaired) electrons. The van der Waals surface area contributed by atoms with E-state index < -0.39 is 0 Å². The zero-order valence-electron chi connectivity index (χ0n) is 18.8. The Kier molecular flexibility index (Phi) is 5.81. The molecule has 4 aromatic rings. The summed E-state index contributed by atoms with van der Waals surface area (Å²) in [5.41, 5.74) is 5.11. The highest BCUT2D eigenvalue weighted by Gasteiger charge is 2.35. The van der Waals surface area contributed by atoms with Crippen LogP contribution in [0.5, 0.6) is 5.75 Å². The molecule has 33 heavy (non-hydrogen) atoms. The van der Waals surface area contributed by atoms with Crippen LogP contribution in [-0.4, -0.2) is 28.6 Å². The van der Waals surface area contributed by atoms with Crippen LogP contribution in [0.4, 0.5) is 5.69 Å². The predicted molar refractivity (Wildman–Crippen MR) is 132 cm³/mol. The molecule has 0 saturated carbocycles. The first-order valence-electron chi connectivity index (χ1n) is 11.2. The SMILES string of the molecule is Cc1cc(C)cc(OCCn2c([C@@H]3CC(=O)N(c4ccccc4Cl)C3)nc3ccccc32)c1. The maximum Gasteiger partial charge on any atom is 0.227 e. The van der Waals surface area contributed by atoms with Gasteiger partial charge in [0, 0.05) is 18.9 Å². The number of halogens is 1. The van der Waals surface area contributed by atoms with Gasteiger partial charge in [-0.2, -0.15) is 0 Å². The molecule has 1 aliphatic heterocycles. The first-order chi connectivity index (χ1) is 16.0. The van der Waals surface area contributed by atoms with Gasteiger partial charge in [-0.25, -0.2) is 4.98 Å². The molecule has 0 N–H and O–H groups in total. The number of nitrogens with zero attached hydrogens (tertiary/aromatic N) is 3. The smallest absolute Gasteiger partial charge is 0.227 e. The summed E-state index contributed by atoms with van der Waals surface area (Å²) in [6, 6.07) is 21.8. The van der Waals surface area contributed by atoms with E-state index in [0.717, 1.165) is 28.3 Å². The minimum atomic E-state index is -0.0117. The van der Waals surface area contributed by atoms with Crippen molar-refractivity contribution >= 4 is 34.2 Å². The van der Waals surface area contributed by atoms with Crippen molar-refractivity contribution in [3.8, 4) is 5.75 Å². The molecule has 1 saturated heterocycles. The third-order valence-electron chi connectivity index (χ3n) is 6.10. The number of ether oxygens (including phenoxy) is 1. The van der Waals surface area contributed by atoms with Crippen molar-refractivity contribution in [1.82, 2.24) is 9.55 Å². The van der Waals surface area contributed by atoms with Crippen LogP contribution in [0.1, 0.15) is 29.3 Å². The minimum Gasteiger partial charge on any atom is -0.492 e. The number of aromatic nitrogens is 2. The van der Waals surface area contributed by atoms with Crippen LogP contribution in [0.2, 0.25) is 5.02 Å². The Morgan fingerprint density at radius 3 is 2.55 bits per heavy atom. The number of hydrogen-bond acceptors (Lipinski definition) is 3. The standard InChI is InChI=1S/C27H26ClN3O2/c1-18-13-19(2)15-21(14-18)33-12-11-30-25-10-6-4-8-23(25)29-27(30)20-16-26(32)31(17-20)24-9-5-3-7-22(24)28/h3-10,13-15,20H,11-12,16-17H2,1-2H3/t20-/m1/s1. The third kappa shape index (κ3) is 4.33. The van der Waals surface area contributed by atoms with Gasteiger partial charge < -0.3 is 14.2 Å². The van der Waals surface area contributed by atoms with Gasteiger partial charge in [-0.1, -0.05) is 41.9 Å². The van der Waals surface area contributed by atoms with Gasteiger partial charge in [0.05, 0.1) is 28.3 Å². The summed E-state index contributed by atoms with van der Waals surface area (Å²) in [6.07, 6.45) is 0.409. The van der Waals surface area contributed by atoms with E-state index in [9.17, 15) is 4.79 Å². The number of anilines is 1. The first kappa shape index (κ1) is 21.5. The largest absolute Gasteiger partial charge is 0.492 e. The van der Waals surface area contributed by atoms with Crippen molar-refractivity contribution in [2.75, 3.05) is 18.1 Å². The van der Waals surface area contributed by atoms with Crippen molar-refractivity contribution < 1.29 is 9.53 Å². The summed E-state index contributed by atoms with van der Waals surface area (Å²) >= 11 is 6.38. The zero-order chi connectivity index (χ0) is 22.9. The van der Waals surface area contributed by atoms with Gasteiger partial charge in [0.1, 0.15) is 18.2 Å². The first-order valence-corrected chi connectivity index (χ1v) is 11.6. The topological polar surface area (TPSA) is 47.4 Å². The highest BCUT2D eigenvalue weighted by molar-refractivity contribution is 6.33. The Hall–Kier alpha value is -3.31. The molecule has 1 fully saturated rings. The normalized spacial score (nSPS) is 16.0. The molecule has 6 heteroatoms. The summed E-state index contributed by atoms with van der Waals surface area (Å²) in [5.74, 6) is 1.85. The summed E-state index contributed by atoms with van der Waals surface area (Å²) in [6.45, 7) is 5.88. The number of carbonyl (C=O) groups is 1. The molecule has 5 rings (SSSR count). The lowest BCUT2D eigenvalue weighted by Crippen LogP contribution is -2.25. The van der Waals surface area contributed by atoms with E-state index in [1.54, 1.807) is 4.90 Å². The van der Waals surface area contributed by atoms with E-state index in [1.165, 1.54) is 11.1 Å². The van der Waals surface area contributed by atoms with Gasteiger partial charge in [-0.15, -0.1) is 0 Å². The molecule has 2 heterocycles. The molecule has 1 aliphatic rings. The van der Waals surface area contributed by atoms with Crippen molar-refractivity contribution in [1.29, 1.82) is 0 Å². The van der Waals surface area contributed by atoms with Crippen LogP contribution in [-0.2, 0) is 11.3 Å². The van der Waals surface area contributed by atoms with Crippen molar-refractivity contribution in [3.63, 3.8) is 0 Å². The number of rotatable bonds is 6. The summed E-state index contributed by atoms with van der Waals surface area (Å²) in [4.78, 5) is 19.6. The van der Waals surface area contributed by atoms with Crippen LogP contribution in [0, 0.1) is 13.8 Å². The molecule has 0 bridgehead atoms. The Balaban J connectivity index is 1.41. The van der Waals surface area contributed by atoms with Crippen molar-refractivity contribution in [3.05, 3.63) is 88.7 Å². The van der Waals surface area contributed by atoms with Crippen LogP contribution < -0.4 is 9.64 Å². The lowest BCUT2D eigenvalue weighted by molar-refractivity contribution is -0.117. The van der Waals surface area contributed by atoms with E-state index in [-0.39, 0.29) is 11.8 Å². The fraction of sp³-hybridized carbons (Fsp3) is 0.259. The second-order valence-electron chi connectivity index (χ2n) is 8.64. The molecule has 1 amide bonds. The highest BCUT2D eigenvalue weighted by Crippen LogP contribution is 2.36. The van der Waals surface area contributed by atoms with Gasteiger partial charge in [0.25, 0.3) is 0 Å². The minimum absolute atomic E-state index is 0.0117. The second kappa shape index (κ2) is 8.91. The molecule has 1 atom stereocenters. The highest BCUT2D eigenvalue weighted by atomic mass is 35.5. The maximum atomic E-state index is 12.9. The van der Waals surface area contributed by atoms with Crippen LogP contribution in [0.3, 0.4) is 0 Å². The quantitative estimate of drug-likeness (QED) is 0.360. The Bertz CT molecular complexity index is 1310. The number of imidazole rings is 1. The van der Waals surface area contributed by atoms with Gasteiger partial charge in [-0.05, 0) is 61.4 Å². The van der Waals surface area contributed by atoms with Crippen LogP contribution in [0.25, 0.3) is 11.0 Å². The fourth-order valence-electron chi connectivity index (χ4n) is 4.70. The predicted octanol–water partition coefficient (Wildman–Crippen LogP) is 5.91. The number of carbonyl (C=O) groups excluding carboxylic acids is 1.